The van der Waals surface area contributed by atoms with Gasteiger partial charge in [-0.05, 0) is 36.8 Å². The van der Waals surface area contributed by atoms with E-state index in [9.17, 15) is 9.18 Å². The SMILES string of the molecule is COc1cccc(-c2noc(CS[C@@H](C)C(=O)NCc3ccc(F)cc3)n2)c1. The van der Waals surface area contributed by atoms with Crippen LogP contribution in [0.4, 0.5) is 4.39 Å². The van der Waals surface area contributed by atoms with Crippen molar-refractivity contribution in [3.8, 4) is 17.1 Å². The molecule has 146 valence electrons. The lowest BCUT2D eigenvalue weighted by Gasteiger charge is -2.11. The van der Waals surface area contributed by atoms with Crippen molar-refractivity contribution in [2.24, 2.45) is 0 Å². The van der Waals surface area contributed by atoms with E-state index >= 15 is 0 Å². The summed E-state index contributed by atoms with van der Waals surface area (Å²) in [4.78, 5) is 16.6. The number of methoxy groups -OCH3 is 1. The topological polar surface area (TPSA) is 77.2 Å². The van der Waals surface area contributed by atoms with Crippen LogP contribution in [0.1, 0.15) is 18.4 Å². The molecule has 0 aliphatic rings. The fraction of sp³-hybridized carbons (Fsp3) is 0.250. The lowest BCUT2D eigenvalue weighted by molar-refractivity contribution is -0.120. The van der Waals surface area contributed by atoms with Crippen LogP contribution < -0.4 is 10.1 Å². The Morgan fingerprint density at radius 1 is 1.29 bits per heavy atom. The molecule has 0 spiro atoms. The van der Waals surface area contributed by atoms with Crippen LogP contribution in [-0.2, 0) is 17.1 Å². The molecule has 1 heterocycles. The molecule has 0 fully saturated rings. The standard InChI is InChI=1S/C20H20FN3O3S/c1-13(20(25)22-11-14-6-8-16(21)9-7-14)28-12-18-23-19(24-27-18)15-4-3-5-17(10-15)26-2/h3-10,13H,11-12H2,1-2H3,(H,22,25)/t13-/m0/s1. The summed E-state index contributed by atoms with van der Waals surface area (Å²) < 4.78 is 23.4. The van der Waals surface area contributed by atoms with E-state index in [1.807, 2.05) is 31.2 Å². The molecule has 0 aliphatic carbocycles. The molecule has 3 rings (SSSR count). The molecule has 1 atom stereocenters. The van der Waals surface area contributed by atoms with Gasteiger partial charge < -0.3 is 14.6 Å². The molecule has 1 amide bonds. The average Bonchev–Trinajstić information content (AvgIpc) is 3.20. The number of carbonyl (C=O) groups is 1. The number of hydrogen-bond acceptors (Lipinski definition) is 6. The number of rotatable bonds is 8. The average molecular weight is 401 g/mol. The van der Waals surface area contributed by atoms with Crippen LogP contribution in [-0.4, -0.2) is 28.4 Å². The fourth-order valence-electron chi connectivity index (χ4n) is 2.40. The van der Waals surface area contributed by atoms with Crippen LogP contribution in [0, 0.1) is 5.82 Å². The fourth-order valence-corrected chi connectivity index (χ4v) is 3.14. The maximum atomic E-state index is 12.9. The Labute approximate surface area is 166 Å². The Bertz CT molecular complexity index is 930. The maximum Gasteiger partial charge on any atom is 0.236 e. The molecule has 0 aliphatic heterocycles. The highest BCUT2D eigenvalue weighted by Crippen LogP contribution is 2.23. The minimum absolute atomic E-state index is 0.109. The molecule has 0 bridgehead atoms. The molecule has 6 nitrogen and oxygen atoms in total. The van der Waals surface area contributed by atoms with Gasteiger partial charge in [-0.3, -0.25) is 4.79 Å². The van der Waals surface area contributed by atoms with E-state index in [4.69, 9.17) is 9.26 Å². The van der Waals surface area contributed by atoms with E-state index in [0.29, 0.717) is 29.8 Å². The quantitative estimate of drug-likeness (QED) is 0.618. The number of halogens is 1. The first kappa shape index (κ1) is 19.9. The Balaban J connectivity index is 1.50. The van der Waals surface area contributed by atoms with Crippen LogP contribution in [0.3, 0.4) is 0 Å². The summed E-state index contributed by atoms with van der Waals surface area (Å²) in [5.41, 5.74) is 1.64. The van der Waals surface area contributed by atoms with Crippen molar-refractivity contribution in [2.75, 3.05) is 7.11 Å². The van der Waals surface area contributed by atoms with Crippen LogP contribution in [0.5, 0.6) is 5.75 Å². The number of amides is 1. The number of aromatic nitrogens is 2. The summed E-state index contributed by atoms with van der Waals surface area (Å²) in [5, 5.41) is 6.52. The van der Waals surface area contributed by atoms with Gasteiger partial charge in [-0.2, -0.15) is 4.98 Å². The van der Waals surface area contributed by atoms with Crippen LogP contribution >= 0.6 is 11.8 Å². The number of thioether (sulfide) groups is 1. The summed E-state index contributed by atoms with van der Waals surface area (Å²) in [5.74, 6) is 1.64. The van der Waals surface area contributed by atoms with E-state index in [-0.39, 0.29) is 17.0 Å². The van der Waals surface area contributed by atoms with Crippen molar-refractivity contribution < 1.29 is 18.4 Å². The second kappa shape index (κ2) is 9.36. The van der Waals surface area contributed by atoms with Crippen molar-refractivity contribution in [3.05, 3.63) is 65.8 Å². The first-order chi connectivity index (χ1) is 13.5. The van der Waals surface area contributed by atoms with Gasteiger partial charge in [0.05, 0.1) is 18.1 Å². The molecule has 0 saturated heterocycles. The Morgan fingerprint density at radius 2 is 2.07 bits per heavy atom. The highest BCUT2D eigenvalue weighted by molar-refractivity contribution is 7.99. The second-order valence-corrected chi connectivity index (χ2v) is 7.37. The van der Waals surface area contributed by atoms with Gasteiger partial charge in [0.1, 0.15) is 11.6 Å². The summed E-state index contributed by atoms with van der Waals surface area (Å²) in [7, 11) is 1.60. The zero-order valence-electron chi connectivity index (χ0n) is 15.5. The van der Waals surface area contributed by atoms with Gasteiger partial charge in [0, 0.05) is 12.1 Å². The third-order valence-electron chi connectivity index (χ3n) is 4.00. The first-order valence-electron chi connectivity index (χ1n) is 8.66. The Kier molecular flexibility index (Phi) is 6.65. The van der Waals surface area contributed by atoms with Crippen molar-refractivity contribution in [1.82, 2.24) is 15.5 Å². The van der Waals surface area contributed by atoms with Gasteiger partial charge in [-0.25, -0.2) is 4.39 Å². The van der Waals surface area contributed by atoms with Gasteiger partial charge >= 0.3 is 0 Å². The molecule has 0 radical (unpaired) electrons. The van der Waals surface area contributed by atoms with Crippen molar-refractivity contribution in [2.45, 2.75) is 24.5 Å². The summed E-state index contributed by atoms with van der Waals surface area (Å²) in [6.07, 6.45) is 0. The molecule has 2 aromatic carbocycles. The predicted molar refractivity (Wildman–Crippen MR) is 105 cm³/mol. The third kappa shape index (κ3) is 5.32. The highest BCUT2D eigenvalue weighted by Gasteiger charge is 2.16. The van der Waals surface area contributed by atoms with Gasteiger partial charge in [-0.1, -0.05) is 29.4 Å². The van der Waals surface area contributed by atoms with Crippen molar-refractivity contribution in [1.29, 1.82) is 0 Å². The minimum atomic E-state index is -0.299. The van der Waals surface area contributed by atoms with E-state index in [1.165, 1.54) is 23.9 Å². The molecule has 3 aromatic rings. The molecular formula is C20H20FN3O3S. The van der Waals surface area contributed by atoms with Crippen LogP contribution in [0.15, 0.2) is 53.1 Å². The van der Waals surface area contributed by atoms with E-state index in [2.05, 4.69) is 15.5 Å². The number of nitrogens with zero attached hydrogens (tertiary/aromatic N) is 2. The van der Waals surface area contributed by atoms with E-state index in [1.54, 1.807) is 19.2 Å². The molecule has 0 unspecified atom stereocenters. The number of hydrogen-bond donors (Lipinski definition) is 1. The van der Waals surface area contributed by atoms with Gasteiger partial charge in [-0.15, -0.1) is 11.8 Å². The van der Waals surface area contributed by atoms with Gasteiger partial charge in [0.15, 0.2) is 0 Å². The van der Waals surface area contributed by atoms with Crippen molar-refractivity contribution >= 4 is 17.7 Å². The molecule has 0 saturated carbocycles. The lowest BCUT2D eigenvalue weighted by Crippen LogP contribution is -2.30. The minimum Gasteiger partial charge on any atom is -0.497 e. The third-order valence-corrected chi connectivity index (χ3v) is 5.13. The predicted octanol–water partition coefficient (Wildman–Crippen LogP) is 3.82. The second-order valence-electron chi connectivity index (χ2n) is 6.04. The number of ether oxygens (including phenoxy) is 1. The highest BCUT2D eigenvalue weighted by atomic mass is 32.2. The van der Waals surface area contributed by atoms with E-state index < -0.39 is 0 Å². The molecule has 8 heteroatoms. The van der Waals surface area contributed by atoms with Gasteiger partial charge in [0.2, 0.25) is 17.6 Å². The largest absolute Gasteiger partial charge is 0.497 e. The Hall–Kier alpha value is -2.87. The van der Waals surface area contributed by atoms with Crippen molar-refractivity contribution in [3.63, 3.8) is 0 Å². The number of nitrogens with one attached hydrogen (secondary N) is 1. The Morgan fingerprint density at radius 3 is 2.82 bits per heavy atom. The zero-order chi connectivity index (χ0) is 19.9. The smallest absolute Gasteiger partial charge is 0.236 e. The lowest BCUT2D eigenvalue weighted by atomic mass is 10.2. The molecule has 28 heavy (non-hydrogen) atoms. The first-order valence-corrected chi connectivity index (χ1v) is 9.71. The van der Waals surface area contributed by atoms with Crippen LogP contribution in [0.2, 0.25) is 0 Å². The molecule has 1 N–H and O–H groups in total. The summed E-state index contributed by atoms with van der Waals surface area (Å²) in [6, 6.07) is 13.4. The monoisotopic (exact) mass is 401 g/mol. The normalized spacial score (nSPS) is 11.8. The number of benzene rings is 2. The summed E-state index contributed by atoms with van der Waals surface area (Å²) >= 11 is 1.40. The van der Waals surface area contributed by atoms with Crippen LogP contribution in [0.25, 0.3) is 11.4 Å². The van der Waals surface area contributed by atoms with E-state index in [0.717, 1.165) is 11.1 Å². The maximum absolute atomic E-state index is 12.9. The number of carbonyl (C=O) groups excluding carboxylic acids is 1. The molecule has 1 aromatic heterocycles. The zero-order valence-corrected chi connectivity index (χ0v) is 16.3. The molecular weight excluding hydrogens is 381 g/mol. The summed E-state index contributed by atoms with van der Waals surface area (Å²) in [6.45, 7) is 2.16. The van der Waals surface area contributed by atoms with Gasteiger partial charge in [0.25, 0.3) is 0 Å².